The van der Waals surface area contributed by atoms with Gasteiger partial charge in [0.05, 0.1) is 6.61 Å². The molecule has 1 amide bonds. The molecule has 2 atom stereocenters. The summed E-state index contributed by atoms with van der Waals surface area (Å²) in [5.41, 5.74) is 1.13. The van der Waals surface area contributed by atoms with Crippen molar-refractivity contribution in [3.8, 4) is 5.75 Å². The van der Waals surface area contributed by atoms with Gasteiger partial charge in [-0.15, -0.1) is 0 Å². The Hall–Kier alpha value is -1.82. The molecule has 0 aromatic heterocycles. The third-order valence-corrected chi connectivity index (χ3v) is 4.66. The molecule has 0 bridgehead atoms. The van der Waals surface area contributed by atoms with E-state index in [4.69, 9.17) is 17.0 Å². The average molecular weight is 347 g/mol. The predicted octanol–water partition coefficient (Wildman–Crippen LogP) is 2.20. The van der Waals surface area contributed by atoms with Gasteiger partial charge in [-0.25, -0.2) is 0 Å². The van der Waals surface area contributed by atoms with Crippen molar-refractivity contribution < 1.29 is 9.53 Å². The van der Waals surface area contributed by atoms with Gasteiger partial charge in [0.2, 0.25) is 5.91 Å². The lowest BCUT2D eigenvalue weighted by Crippen LogP contribution is -2.59. The summed E-state index contributed by atoms with van der Waals surface area (Å²) in [6.45, 7) is 5.33. The summed E-state index contributed by atoms with van der Waals surface area (Å²) in [6.07, 6.45) is 2.94. The number of carbonyl (C=O) groups is 1. The van der Waals surface area contributed by atoms with Crippen LogP contribution in [-0.2, 0) is 11.3 Å². The number of rotatable bonds is 6. The van der Waals surface area contributed by atoms with E-state index in [0.717, 1.165) is 30.6 Å². The Morgan fingerprint density at radius 1 is 1.29 bits per heavy atom. The van der Waals surface area contributed by atoms with Crippen molar-refractivity contribution >= 4 is 23.2 Å². The zero-order chi connectivity index (χ0) is 17.1. The zero-order valence-electron chi connectivity index (χ0n) is 14.2. The number of carbonyl (C=O) groups excluding carboxylic acids is 1. The van der Waals surface area contributed by atoms with Crippen LogP contribution in [0.4, 0.5) is 0 Å². The smallest absolute Gasteiger partial charge is 0.245 e. The monoisotopic (exact) mass is 347 g/mol. The first-order chi connectivity index (χ1) is 11.6. The molecule has 1 heterocycles. The van der Waals surface area contributed by atoms with Gasteiger partial charge in [0.15, 0.2) is 5.11 Å². The Bertz CT molecular complexity index is 601. The number of hydrogen-bond acceptors (Lipinski definition) is 3. The minimum Gasteiger partial charge on any atom is -0.494 e. The second kappa shape index (κ2) is 7.38. The molecule has 0 unspecified atom stereocenters. The quantitative estimate of drug-likeness (QED) is 0.773. The molecule has 0 radical (unpaired) electrons. The molecule has 0 spiro atoms. The minimum atomic E-state index is -0.225. The van der Waals surface area contributed by atoms with Gasteiger partial charge >= 0.3 is 0 Å². The molecule has 24 heavy (non-hydrogen) atoms. The van der Waals surface area contributed by atoms with Crippen molar-refractivity contribution in [2.24, 2.45) is 0 Å². The van der Waals surface area contributed by atoms with Crippen molar-refractivity contribution in [3.63, 3.8) is 0 Å². The standard InChI is InChI=1S/C18H25N3O2S/c1-3-23-15-8-4-13(5-9-15)11-21(14-6-7-14)17(22)16-10-12(2)19-18(24)20-16/h4-5,8-9,12,14,16H,3,6-7,10-11H2,1-2H3,(H2,19,20,24)/t12-,16+/m1/s1. The Labute approximate surface area is 148 Å². The molecule has 2 fully saturated rings. The number of benzene rings is 1. The van der Waals surface area contributed by atoms with Gasteiger partial charge in [-0.3, -0.25) is 4.79 Å². The Morgan fingerprint density at radius 2 is 2.00 bits per heavy atom. The van der Waals surface area contributed by atoms with E-state index >= 15 is 0 Å². The number of thiocarbonyl (C=S) groups is 1. The highest BCUT2D eigenvalue weighted by Crippen LogP contribution is 2.30. The Balaban J connectivity index is 1.68. The summed E-state index contributed by atoms with van der Waals surface area (Å²) >= 11 is 5.21. The number of nitrogens with one attached hydrogen (secondary N) is 2. The first-order valence-electron chi connectivity index (χ1n) is 8.66. The fraction of sp³-hybridized carbons (Fsp3) is 0.556. The molecular formula is C18H25N3O2S. The van der Waals surface area contributed by atoms with Crippen LogP contribution in [0.15, 0.2) is 24.3 Å². The zero-order valence-corrected chi connectivity index (χ0v) is 15.1. The van der Waals surface area contributed by atoms with Crippen LogP contribution in [0.3, 0.4) is 0 Å². The van der Waals surface area contributed by atoms with Crippen LogP contribution in [0.25, 0.3) is 0 Å². The first-order valence-corrected chi connectivity index (χ1v) is 9.07. The van der Waals surface area contributed by atoms with Crippen molar-refractivity contribution in [2.75, 3.05) is 6.61 Å². The van der Waals surface area contributed by atoms with Crippen molar-refractivity contribution in [3.05, 3.63) is 29.8 Å². The van der Waals surface area contributed by atoms with Crippen molar-refractivity contribution in [1.82, 2.24) is 15.5 Å². The SMILES string of the molecule is CCOc1ccc(CN(C(=O)[C@@H]2C[C@@H](C)NC(=S)N2)C2CC2)cc1. The van der Waals surface area contributed by atoms with Crippen LogP contribution in [0.5, 0.6) is 5.75 Å². The van der Waals surface area contributed by atoms with Gasteiger partial charge in [0.1, 0.15) is 11.8 Å². The van der Waals surface area contributed by atoms with E-state index in [1.807, 2.05) is 36.1 Å². The van der Waals surface area contributed by atoms with E-state index in [0.29, 0.717) is 24.3 Å². The van der Waals surface area contributed by atoms with Gasteiger partial charge in [-0.2, -0.15) is 0 Å². The lowest BCUT2D eigenvalue weighted by molar-refractivity contribution is -0.134. The van der Waals surface area contributed by atoms with E-state index in [-0.39, 0.29) is 18.0 Å². The lowest BCUT2D eigenvalue weighted by atomic mass is 10.0. The van der Waals surface area contributed by atoms with E-state index in [1.165, 1.54) is 0 Å². The third kappa shape index (κ3) is 4.17. The molecule has 1 aromatic rings. The van der Waals surface area contributed by atoms with E-state index < -0.39 is 0 Å². The molecule has 130 valence electrons. The van der Waals surface area contributed by atoms with Gasteiger partial charge in [0.25, 0.3) is 0 Å². The molecule has 1 aliphatic heterocycles. The molecular weight excluding hydrogens is 322 g/mol. The van der Waals surface area contributed by atoms with Crippen LogP contribution in [-0.4, -0.2) is 40.7 Å². The normalized spacial score (nSPS) is 23.2. The van der Waals surface area contributed by atoms with E-state index in [9.17, 15) is 4.79 Å². The van der Waals surface area contributed by atoms with Gasteiger partial charge in [0, 0.05) is 18.6 Å². The largest absolute Gasteiger partial charge is 0.494 e. The Morgan fingerprint density at radius 3 is 2.58 bits per heavy atom. The maximum atomic E-state index is 13.0. The minimum absolute atomic E-state index is 0.155. The number of nitrogens with zero attached hydrogens (tertiary/aromatic N) is 1. The number of hydrogen-bond donors (Lipinski definition) is 2. The molecule has 2 N–H and O–H groups in total. The molecule has 1 aliphatic carbocycles. The summed E-state index contributed by atoms with van der Waals surface area (Å²) in [4.78, 5) is 15.0. The van der Waals surface area contributed by atoms with Crippen molar-refractivity contribution in [1.29, 1.82) is 0 Å². The van der Waals surface area contributed by atoms with E-state index in [2.05, 4.69) is 17.6 Å². The highest BCUT2D eigenvalue weighted by atomic mass is 32.1. The van der Waals surface area contributed by atoms with Crippen LogP contribution < -0.4 is 15.4 Å². The second-order valence-electron chi connectivity index (χ2n) is 6.58. The van der Waals surface area contributed by atoms with E-state index in [1.54, 1.807) is 0 Å². The lowest BCUT2D eigenvalue weighted by Gasteiger charge is -2.34. The number of amides is 1. The highest BCUT2D eigenvalue weighted by molar-refractivity contribution is 7.80. The fourth-order valence-electron chi connectivity index (χ4n) is 3.09. The highest BCUT2D eigenvalue weighted by Gasteiger charge is 2.37. The molecule has 6 heteroatoms. The fourth-order valence-corrected chi connectivity index (χ4v) is 3.43. The summed E-state index contributed by atoms with van der Waals surface area (Å²) in [5.74, 6) is 1.02. The maximum absolute atomic E-state index is 13.0. The molecule has 2 aliphatic rings. The summed E-state index contributed by atoms with van der Waals surface area (Å²) in [7, 11) is 0. The summed E-state index contributed by atoms with van der Waals surface area (Å²) < 4.78 is 5.48. The Kier molecular flexibility index (Phi) is 5.23. The molecule has 5 nitrogen and oxygen atoms in total. The number of ether oxygens (including phenoxy) is 1. The maximum Gasteiger partial charge on any atom is 0.245 e. The summed E-state index contributed by atoms with van der Waals surface area (Å²) in [6, 6.07) is 8.37. The second-order valence-corrected chi connectivity index (χ2v) is 6.99. The average Bonchev–Trinajstić information content (AvgIpc) is 3.37. The van der Waals surface area contributed by atoms with Crippen LogP contribution in [0, 0.1) is 0 Å². The predicted molar refractivity (Wildman–Crippen MR) is 97.9 cm³/mol. The van der Waals surface area contributed by atoms with Gasteiger partial charge < -0.3 is 20.3 Å². The van der Waals surface area contributed by atoms with Gasteiger partial charge in [-0.05, 0) is 63.0 Å². The molecule has 1 saturated carbocycles. The molecule has 1 aromatic carbocycles. The van der Waals surface area contributed by atoms with Gasteiger partial charge in [-0.1, -0.05) is 12.1 Å². The van der Waals surface area contributed by atoms with Crippen LogP contribution in [0.1, 0.15) is 38.7 Å². The van der Waals surface area contributed by atoms with Crippen LogP contribution in [0.2, 0.25) is 0 Å². The topological polar surface area (TPSA) is 53.6 Å². The molecule has 1 saturated heterocycles. The van der Waals surface area contributed by atoms with Crippen LogP contribution >= 0.6 is 12.2 Å². The molecule has 3 rings (SSSR count). The van der Waals surface area contributed by atoms with Crippen molar-refractivity contribution in [2.45, 2.75) is 57.8 Å². The third-order valence-electron chi connectivity index (χ3n) is 4.43. The first kappa shape index (κ1) is 17.0. The summed E-state index contributed by atoms with van der Waals surface area (Å²) in [5, 5.41) is 6.85.